The summed E-state index contributed by atoms with van der Waals surface area (Å²) in [6.07, 6.45) is -0.668. The molecule has 1 atom stereocenters. The molecule has 1 aliphatic rings. The Morgan fingerprint density at radius 3 is 2.70 bits per heavy atom. The predicted molar refractivity (Wildman–Crippen MR) is 82.4 cm³/mol. The molecule has 0 aromatic heterocycles. The second-order valence-electron chi connectivity index (χ2n) is 5.70. The van der Waals surface area contributed by atoms with Crippen molar-refractivity contribution in [2.24, 2.45) is 0 Å². The zero-order chi connectivity index (χ0) is 15.0. The van der Waals surface area contributed by atoms with Crippen LogP contribution in [0.15, 0.2) is 29.2 Å². The van der Waals surface area contributed by atoms with Crippen molar-refractivity contribution in [2.75, 3.05) is 18.8 Å². The minimum Gasteiger partial charge on any atom is -0.389 e. The van der Waals surface area contributed by atoms with E-state index in [2.05, 4.69) is 13.8 Å². The van der Waals surface area contributed by atoms with Gasteiger partial charge < -0.3 is 5.11 Å². The Labute approximate surface area is 125 Å². The fourth-order valence-corrected chi connectivity index (χ4v) is 5.23. The number of thioether (sulfide) groups is 1. The molecule has 1 aromatic rings. The monoisotopic (exact) mass is 315 g/mol. The Morgan fingerprint density at radius 1 is 1.40 bits per heavy atom. The summed E-state index contributed by atoms with van der Waals surface area (Å²) in [7, 11) is -3.48. The van der Waals surface area contributed by atoms with E-state index in [-0.39, 0.29) is 9.64 Å². The first-order valence-electron chi connectivity index (χ1n) is 6.64. The number of rotatable bonds is 3. The smallest absolute Gasteiger partial charge is 0.243 e. The van der Waals surface area contributed by atoms with E-state index in [0.717, 1.165) is 5.75 Å². The molecule has 6 heteroatoms. The normalized spacial score (nSPS) is 21.6. The van der Waals surface area contributed by atoms with Crippen LogP contribution in [-0.2, 0) is 10.0 Å². The topological polar surface area (TPSA) is 57.6 Å². The van der Waals surface area contributed by atoms with Crippen molar-refractivity contribution in [3.8, 4) is 0 Å². The Kier molecular flexibility index (Phi) is 4.49. The summed E-state index contributed by atoms with van der Waals surface area (Å²) in [4.78, 5) is 0.263. The minimum atomic E-state index is -3.48. The first-order chi connectivity index (χ1) is 9.22. The van der Waals surface area contributed by atoms with E-state index < -0.39 is 16.1 Å². The lowest BCUT2D eigenvalue weighted by molar-refractivity contribution is 0.199. The highest BCUT2D eigenvalue weighted by Gasteiger charge is 2.34. The van der Waals surface area contributed by atoms with Crippen molar-refractivity contribution in [1.29, 1.82) is 0 Å². The van der Waals surface area contributed by atoms with E-state index in [1.165, 1.54) is 0 Å². The van der Waals surface area contributed by atoms with Crippen molar-refractivity contribution < 1.29 is 13.5 Å². The maximum atomic E-state index is 12.7. The Hall–Kier alpha value is -0.560. The zero-order valence-corrected chi connectivity index (χ0v) is 13.7. The molecule has 0 bridgehead atoms. The van der Waals surface area contributed by atoms with Gasteiger partial charge in [-0.2, -0.15) is 16.1 Å². The van der Waals surface area contributed by atoms with Crippen LogP contribution in [0.2, 0.25) is 0 Å². The minimum absolute atomic E-state index is 0.0623. The van der Waals surface area contributed by atoms with Crippen molar-refractivity contribution in [3.63, 3.8) is 0 Å². The van der Waals surface area contributed by atoms with Gasteiger partial charge in [-0.1, -0.05) is 12.1 Å². The van der Waals surface area contributed by atoms with Crippen LogP contribution in [0.3, 0.4) is 0 Å². The van der Waals surface area contributed by atoms with Gasteiger partial charge in [0.25, 0.3) is 0 Å². The summed E-state index contributed by atoms with van der Waals surface area (Å²) in [6, 6.07) is 6.57. The van der Waals surface area contributed by atoms with Gasteiger partial charge in [-0.15, -0.1) is 0 Å². The maximum Gasteiger partial charge on any atom is 0.243 e. The van der Waals surface area contributed by atoms with E-state index in [4.69, 9.17) is 0 Å². The lowest BCUT2D eigenvalue weighted by Crippen LogP contribution is -2.46. The maximum absolute atomic E-state index is 12.7. The summed E-state index contributed by atoms with van der Waals surface area (Å²) in [5.74, 6) is 0.808. The van der Waals surface area contributed by atoms with Gasteiger partial charge in [0.15, 0.2) is 0 Å². The molecule has 1 saturated heterocycles. The third-order valence-electron chi connectivity index (χ3n) is 3.37. The first kappa shape index (κ1) is 15.8. The molecule has 1 unspecified atom stereocenters. The highest BCUT2D eigenvalue weighted by atomic mass is 32.2. The van der Waals surface area contributed by atoms with Crippen LogP contribution in [0.1, 0.15) is 32.4 Å². The SMILES string of the molecule is CC(O)c1cccc(S(=O)(=O)N2CCSC(C)(C)C2)c1. The third kappa shape index (κ3) is 3.36. The number of benzene rings is 1. The van der Waals surface area contributed by atoms with Crippen LogP contribution in [-0.4, -0.2) is 41.4 Å². The molecule has 0 aliphatic carbocycles. The third-order valence-corrected chi connectivity index (χ3v) is 6.51. The first-order valence-corrected chi connectivity index (χ1v) is 9.07. The number of nitrogens with zero attached hydrogens (tertiary/aromatic N) is 1. The lowest BCUT2D eigenvalue weighted by atomic mass is 10.1. The molecule has 0 radical (unpaired) electrons. The fraction of sp³-hybridized carbons (Fsp3) is 0.571. The van der Waals surface area contributed by atoms with Crippen molar-refractivity contribution in [1.82, 2.24) is 4.31 Å². The molecular formula is C14H21NO3S2. The highest BCUT2D eigenvalue weighted by Crippen LogP contribution is 2.32. The van der Waals surface area contributed by atoms with Crippen molar-refractivity contribution >= 4 is 21.8 Å². The second-order valence-corrected chi connectivity index (χ2v) is 9.44. The van der Waals surface area contributed by atoms with Crippen molar-refractivity contribution in [2.45, 2.75) is 36.5 Å². The van der Waals surface area contributed by atoms with Gasteiger partial charge in [-0.25, -0.2) is 8.42 Å². The number of hydrogen-bond donors (Lipinski definition) is 1. The Morgan fingerprint density at radius 2 is 2.10 bits per heavy atom. The van der Waals surface area contributed by atoms with E-state index >= 15 is 0 Å². The molecule has 4 nitrogen and oxygen atoms in total. The molecule has 20 heavy (non-hydrogen) atoms. The molecule has 1 N–H and O–H groups in total. The van der Waals surface area contributed by atoms with Crippen LogP contribution in [0.25, 0.3) is 0 Å². The summed E-state index contributed by atoms with van der Waals surface area (Å²) in [6.45, 7) is 6.80. The van der Waals surface area contributed by atoms with E-state index in [0.29, 0.717) is 18.7 Å². The number of hydrogen-bond acceptors (Lipinski definition) is 4. The van der Waals surface area contributed by atoms with Gasteiger partial charge in [0.1, 0.15) is 0 Å². The number of aliphatic hydroxyl groups excluding tert-OH is 1. The van der Waals surface area contributed by atoms with Crippen LogP contribution in [0, 0.1) is 0 Å². The van der Waals surface area contributed by atoms with Gasteiger partial charge in [0.2, 0.25) is 10.0 Å². The highest BCUT2D eigenvalue weighted by molar-refractivity contribution is 8.00. The quantitative estimate of drug-likeness (QED) is 0.929. The molecular weight excluding hydrogens is 294 g/mol. The molecule has 0 spiro atoms. The Bertz CT molecular complexity index is 582. The summed E-state index contributed by atoms with van der Waals surface area (Å²) in [5, 5.41) is 9.60. The summed E-state index contributed by atoms with van der Waals surface area (Å²) < 4.78 is 26.9. The van der Waals surface area contributed by atoms with Gasteiger partial charge in [0, 0.05) is 23.6 Å². The van der Waals surface area contributed by atoms with Gasteiger partial charge in [-0.3, -0.25) is 0 Å². The zero-order valence-electron chi connectivity index (χ0n) is 12.0. The number of aliphatic hydroxyl groups is 1. The van der Waals surface area contributed by atoms with Crippen molar-refractivity contribution in [3.05, 3.63) is 29.8 Å². The summed E-state index contributed by atoms with van der Waals surface area (Å²) >= 11 is 1.80. The molecule has 1 fully saturated rings. The average Bonchev–Trinajstić information content (AvgIpc) is 2.37. The molecule has 0 amide bonds. The van der Waals surface area contributed by atoms with Gasteiger partial charge >= 0.3 is 0 Å². The van der Waals surface area contributed by atoms with Crippen LogP contribution in [0.5, 0.6) is 0 Å². The standard InChI is InChI=1S/C14H21NO3S2/c1-11(16)12-5-4-6-13(9-12)20(17,18)15-7-8-19-14(2,3)10-15/h4-6,9,11,16H,7-8,10H2,1-3H3. The summed E-state index contributed by atoms with van der Waals surface area (Å²) in [5.41, 5.74) is 0.622. The molecule has 1 aromatic carbocycles. The van der Waals surface area contributed by atoms with E-state index in [1.54, 1.807) is 47.3 Å². The van der Waals surface area contributed by atoms with Crippen LogP contribution >= 0.6 is 11.8 Å². The molecule has 112 valence electrons. The van der Waals surface area contributed by atoms with E-state index in [1.807, 2.05) is 0 Å². The molecule has 1 heterocycles. The average molecular weight is 315 g/mol. The van der Waals surface area contributed by atoms with Gasteiger partial charge in [0.05, 0.1) is 11.0 Å². The predicted octanol–water partition coefficient (Wildman–Crippen LogP) is 2.26. The van der Waals surface area contributed by atoms with Crippen LogP contribution < -0.4 is 0 Å². The van der Waals surface area contributed by atoms with Gasteiger partial charge in [-0.05, 0) is 38.5 Å². The second kappa shape index (κ2) is 5.67. The lowest BCUT2D eigenvalue weighted by Gasteiger charge is -2.36. The Balaban J connectivity index is 2.33. The number of sulfonamides is 1. The molecule has 2 rings (SSSR count). The fourth-order valence-electron chi connectivity index (χ4n) is 2.26. The van der Waals surface area contributed by atoms with E-state index in [9.17, 15) is 13.5 Å². The molecule has 1 aliphatic heterocycles. The van der Waals surface area contributed by atoms with Crippen LogP contribution in [0.4, 0.5) is 0 Å². The molecule has 0 saturated carbocycles. The largest absolute Gasteiger partial charge is 0.389 e.